The van der Waals surface area contributed by atoms with Gasteiger partial charge in [0, 0.05) is 43.3 Å². The average Bonchev–Trinajstić information content (AvgIpc) is 2.29. The van der Waals surface area contributed by atoms with Crippen molar-refractivity contribution in [1.29, 1.82) is 0 Å². The van der Waals surface area contributed by atoms with Gasteiger partial charge in [0.05, 0.1) is 0 Å². The number of hydrogen-bond donors (Lipinski definition) is 1. The Morgan fingerprint density at radius 2 is 2.00 bits per heavy atom. The molecule has 0 unspecified atom stereocenters. The van der Waals surface area contributed by atoms with Crippen molar-refractivity contribution in [2.24, 2.45) is 5.41 Å². The Morgan fingerprint density at radius 3 is 2.59 bits per heavy atom. The molecule has 0 amide bonds. The van der Waals surface area contributed by atoms with Crippen molar-refractivity contribution < 1.29 is 4.74 Å². The molecule has 0 aromatic heterocycles. The zero-order chi connectivity index (χ0) is 12.4. The van der Waals surface area contributed by atoms with E-state index in [9.17, 15) is 0 Å². The highest BCUT2D eigenvalue weighted by Crippen LogP contribution is 2.36. The predicted octanol–water partition coefficient (Wildman–Crippen LogP) is 2.54. The van der Waals surface area contributed by atoms with Crippen molar-refractivity contribution in [2.75, 3.05) is 44.4 Å². The molecule has 17 heavy (non-hydrogen) atoms. The normalized spacial score (nSPS) is 29.1. The second-order valence-corrected chi connectivity index (χ2v) is 8.21. The summed E-state index contributed by atoms with van der Waals surface area (Å²) in [5.74, 6) is 2.27. The molecule has 2 aliphatic rings. The number of ether oxygens (including phenoxy) is 1. The molecule has 2 fully saturated rings. The SMILES string of the molecule is CC1(C)CN(CC2(CS)CCOCC2)CCS1. The largest absolute Gasteiger partial charge is 0.381 e. The summed E-state index contributed by atoms with van der Waals surface area (Å²) in [6.45, 7) is 10.2. The molecule has 2 saturated heterocycles. The number of hydrogen-bond acceptors (Lipinski definition) is 4. The molecule has 2 aliphatic heterocycles. The van der Waals surface area contributed by atoms with Crippen LogP contribution in [0.25, 0.3) is 0 Å². The molecule has 0 radical (unpaired) electrons. The summed E-state index contributed by atoms with van der Waals surface area (Å²) in [7, 11) is 0. The molecule has 0 aliphatic carbocycles. The van der Waals surface area contributed by atoms with Gasteiger partial charge in [-0.1, -0.05) is 0 Å². The van der Waals surface area contributed by atoms with Crippen LogP contribution >= 0.6 is 24.4 Å². The topological polar surface area (TPSA) is 12.5 Å². The Labute approximate surface area is 115 Å². The van der Waals surface area contributed by atoms with Crippen LogP contribution in [0.3, 0.4) is 0 Å². The van der Waals surface area contributed by atoms with Gasteiger partial charge in [-0.3, -0.25) is 0 Å². The summed E-state index contributed by atoms with van der Waals surface area (Å²) in [5.41, 5.74) is 0.402. The number of thioether (sulfide) groups is 1. The highest BCUT2D eigenvalue weighted by atomic mass is 32.2. The first-order chi connectivity index (χ1) is 8.05. The average molecular weight is 275 g/mol. The number of nitrogens with zero attached hydrogens (tertiary/aromatic N) is 1. The van der Waals surface area contributed by atoms with E-state index in [4.69, 9.17) is 4.74 Å². The number of thiol groups is 1. The monoisotopic (exact) mass is 275 g/mol. The fraction of sp³-hybridized carbons (Fsp3) is 1.00. The minimum absolute atomic E-state index is 0.402. The molecule has 100 valence electrons. The van der Waals surface area contributed by atoms with Crippen LogP contribution in [0.4, 0.5) is 0 Å². The zero-order valence-corrected chi connectivity index (χ0v) is 12.8. The fourth-order valence-electron chi connectivity index (χ4n) is 2.89. The van der Waals surface area contributed by atoms with Gasteiger partial charge in [-0.2, -0.15) is 24.4 Å². The van der Waals surface area contributed by atoms with Gasteiger partial charge >= 0.3 is 0 Å². The first-order valence-corrected chi connectivity index (χ1v) is 8.22. The van der Waals surface area contributed by atoms with Gasteiger partial charge in [0.2, 0.25) is 0 Å². The van der Waals surface area contributed by atoms with E-state index in [1.807, 2.05) is 0 Å². The summed E-state index contributed by atoms with van der Waals surface area (Å²) in [4.78, 5) is 2.65. The fourth-order valence-corrected chi connectivity index (χ4v) is 4.49. The maximum Gasteiger partial charge on any atom is 0.0472 e. The van der Waals surface area contributed by atoms with Gasteiger partial charge in [0.25, 0.3) is 0 Å². The zero-order valence-electron chi connectivity index (χ0n) is 11.1. The lowest BCUT2D eigenvalue weighted by Crippen LogP contribution is -2.49. The van der Waals surface area contributed by atoms with Crippen molar-refractivity contribution >= 4 is 24.4 Å². The summed E-state index contributed by atoms with van der Waals surface area (Å²) >= 11 is 6.71. The Bertz CT molecular complexity index is 252. The van der Waals surface area contributed by atoms with Gasteiger partial charge < -0.3 is 9.64 Å². The smallest absolute Gasteiger partial charge is 0.0472 e. The van der Waals surface area contributed by atoms with E-state index >= 15 is 0 Å². The van der Waals surface area contributed by atoms with Crippen LogP contribution in [-0.2, 0) is 4.74 Å². The van der Waals surface area contributed by atoms with E-state index in [1.165, 1.54) is 38.2 Å². The Balaban J connectivity index is 1.93. The van der Waals surface area contributed by atoms with Crippen molar-refractivity contribution in [2.45, 2.75) is 31.4 Å². The second-order valence-electron chi connectivity index (χ2n) is 6.09. The Morgan fingerprint density at radius 1 is 1.29 bits per heavy atom. The Kier molecular flexibility index (Phi) is 4.73. The maximum absolute atomic E-state index is 5.50. The van der Waals surface area contributed by atoms with Gasteiger partial charge in [-0.05, 0) is 37.9 Å². The molecule has 4 heteroatoms. The van der Waals surface area contributed by atoms with Gasteiger partial charge in [0.1, 0.15) is 0 Å². The van der Waals surface area contributed by atoms with Crippen LogP contribution in [0.1, 0.15) is 26.7 Å². The van der Waals surface area contributed by atoms with E-state index in [0.29, 0.717) is 10.2 Å². The third-order valence-electron chi connectivity index (χ3n) is 3.95. The molecule has 0 N–H and O–H groups in total. The molecular weight excluding hydrogens is 250 g/mol. The minimum Gasteiger partial charge on any atom is -0.381 e. The second kappa shape index (κ2) is 5.72. The molecule has 0 aromatic rings. The molecule has 0 saturated carbocycles. The molecule has 2 heterocycles. The molecule has 0 atom stereocenters. The molecule has 0 spiro atoms. The highest BCUT2D eigenvalue weighted by molar-refractivity contribution is 8.00. The standard InChI is InChI=1S/C13H25NOS2/c1-12(2)9-14(5-8-17-12)10-13(11-16)3-6-15-7-4-13/h16H,3-11H2,1-2H3. The van der Waals surface area contributed by atoms with Crippen LogP contribution < -0.4 is 0 Å². The maximum atomic E-state index is 5.50. The molecule has 0 bridgehead atoms. The van der Waals surface area contributed by atoms with Crippen LogP contribution in [0.2, 0.25) is 0 Å². The van der Waals surface area contributed by atoms with Crippen LogP contribution in [-0.4, -0.2) is 54.0 Å². The highest BCUT2D eigenvalue weighted by Gasteiger charge is 2.36. The lowest BCUT2D eigenvalue weighted by Gasteiger charge is -2.44. The number of rotatable bonds is 3. The van der Waals surface area contributed by atoms with Gasteiger partial charge in [0.15, 0.2) is 0 Å². The molecule has 2 nitrogen and oxygen atoms in total. The first-order valence-electron chi connectivity index (χ1n) is 6.60. The summed E-state index contributed by atoms with van der Waals surface area (Å²) in [5, 5.41) is 0. The summed E-state index contributed by atoms with van der Waals surface area (Å²) in [6.07, 6.45) is 2.36. The molecule has 2 rings (SSSR count). The van der Waals surface area contributed by atoms with Crippen molar-refractivity contribution in [3.8, 4) is 0 Å². The van der Waals surface area contributed by atoms with Crippen LogP contribution in [0, 0.1) is 5.41 Å². The Hall–Kier alpha value is 0.620. The van der Waals surface area contributed by atoms with E-state index in [-0.39, 0.29) is 0 Å². The molecular formula is C13H25NOS2. The van der Waals surface area contributed by atoms with Crippen molar-refractivity contribution in [1.82, 2.24) is 4.90 Å². The minimum atomic E-state index is 0.402. The van der Waals surface area contributed by atoms with E-state index < -0.39 is 0 Å². The quantitative estimate of drug-likeness (QED) is 0.795. The van der Waals surface area contributed by atoms with Crippen LogP contribution in [0.15, 0.2) is 0 Å². The molecule has 0 aromatic carbocycles. The third-order valence-corrected chi connectivity index (χ3v) is 5.92. The van der Waals surface area contributed by atoms with E-state index in [1.54, 1.807) is 0 Å². The van der Waals surface area contributed by atoms with Gasteiger partial charge in [-0.25, -0.2) is 0 Å². The lowest BCUT2D eigenvalue weighted by atomic mass is 9.81. The predicted molar refractivity (Wildman–Crippen MR) is 79.3 cm³/mol. The third kappa shape index (κ3) is 3.79. The first kappa shape index (κ1) is 14.0. The lowest BCUT2D eigenvalue weighted by molar-refractivity contribution is 0.00714. The van der Waals surface area contributed by atoms with Crippen LogP contribution in [0.5, 0.6) is 0 Å². The summed E-state index contributed by atoms with van der Waals surface area (Å²) in [6, 6.07) is 0. The van der Waals surface area contributed by atoms with Crippen molar-refractivity contribution in [3.05, 3.63) is 0 Å². The van der Waals surface area contributed by atoms with Crippen molar-refractivity contribution in [3.63, 3.8) is 0 Å². The van der Waals surface area contributed by atoms with E-state index in [0.717, 1.165) is 19.0 Å². The van der Waals surface area contributed by atoms with E-state index in [2.05, 4.69) is 43.1 Å². The summed E-state index contributed by atoms with van der Waals surface area (Å²) < 4.78 is 5.92. The van der Waals surface area contributed by atoms with Gasteiger partial charge in [-0.15, -0.1) is 0 Å².